The second-order valence-electron chi connectivity index (χ2n) is 11.6. The van der Waals surface area contributed by atoms with E-state index in [9.17, 15) is 9.59 Å². The lowest BCUT2D eigenvalue weighted by molar-refractivity contribution is -0.128. The Kier molecular flexibility index (Phi) is 6.18. The van der Waals surface area contributed by atoms with Crippen LogP contribution in [0.2, 0.25) is 0 Å². The SMILES string of the molecule is CC(C)(C)CC(=O)N(C(=O)CC(C)(C)C)c1nc2c(n1C(C)(C)C)CCCC2. The predicted octanol–water partition coefficient (Wildman–Crippen LogP) is 5.25. The topological polar surface area (TPSA) is 55.2 Å². The third-order valence-corrected chi connectivity index (χ3v) is 4.85. The van der Waals surface area contributed by atoms with Crippen molar-refractivity contribution in [1.29, 1.82) is 0 Å². The van der Waals surface area contributed by atoms with E-state index in [4.69, 9.17) is 4.98 Å². The van der Waals surface area contributed by atoms with Gasteiger partial charge in [0.1, 0.15) is 0 Å². The summed E-state index contributed by atoms with van der Waals surface area (Å²) in [6, 6.07) is 0. The molecule has 28 heavy (non-hydrogen) atoms. The molecule has 0 unspecified atom stereocenters. The zero-order valence-corrected chi connectivity index (χ0v) is 19.4. The summed E-state index contributed by atoms with van der Waals surface area (Å²) in [5.41, 5.74) is 1.58. The standard InChI is InChI=1S/C23H39N3O2/c1-21(2,3)14-18(27)25(19(28)15-22(4,5)6)20-24-16-12-10-11-13-17(16)26(20)23(7,8)9/h10-15H2,1-9H3. The molecule has 0 atom stereocenters. The summed E-state index contributed by atoms with van der Waals surface area (Å²) in [6.07, 6.45) is 4.73. The molecule has 1 aliphatic rings. The predicted molar refractivity (Wildman–Crippen MR) is 115 cm³/mol. The molecule has 158 valence electrons. The van der Waals surface area contributed by atoms with Crippen LogP contribution in [0.5, 0.6) is 0 Å². The molecule has 0 radical (unpaired) electrons. The van der Waals surface area contributed by atoms with Crippen LogP contribution in [-0.2, 0) is 28.0 Å². The van der Waals surface area contributed by atoms with E-state index in [1.807, 2.05) is 41.5 Å². The highest BCUT2D eigenvalue weighted by Gasteiger charge is 2.37. The van der Waals surface area contributed by atoms with E-state index in [1.165, 1.54) is 10.6 Å². The Morgan fingerprint density at radius 2 is 1.32 bits per heavy atom. The van der Waals surface area contributed by atoms with E-state index in [0.29, 0.717) is 18.8 Å². The lowest BCUT2D eigenvalue weighted by Gasteiger charge is -2.32. The Balaban J connectivity index is 2.61. The first-order valence-electron chi connectivity index (χ1n) is 10.6. The van der Waals surface area contributed by atoms with Crippen molar-refractivity contribution in [3.8, 4) is 0 Å². The molecule has 0 aliphatic heterocycles. The van der Waals surface area contributed by atoms with Crippen molar-refractivity contribution in [3.05, 3.63) is 11.4 Å². The Morgan fingerprint density at radius 1 is 0.857 bits per heavy atom. The van der Waals surface area contributed by atoms with Gasteiger partial charge in [-0.05, 0) is 57.3 Å². The zero-order valence-electron chi connectivity index (χ0n) is 19.4. The van der Waals surface area contributed by atoms with Gasteiger partial charge in [0, 0.05) is 24.1 Å². The molecular formula is C23H39N3O2. The van der Waals surface area contributed by atoms with Gasteiger partial charge in [-0.3, -0.25) is 9.59 Å². The smallest absolute Gasteiger partial charge is 0.236 e. The number of aryl methyl sites for hydroxylation is 1. The molecule has 2 rings (SSSR count). The second kappa shape index (κ2) is 7.64. The Hall–Kier alpha value is -1.65. The maximum Gasteiger partial charge on any atom is 0.236 e. The van der Waals surface area contributed by atoms with E-state index in [0.717, 1.165) is 31.4 Å². The number of imidazole rings is 1. The number of anilines is 1. The van der Waals surface area contributed by atoms with Crippen LogP contribution in [0.25, 0.3) is 0 Å². The molecule has 0 spiro atoms. The van der Waals surface area contributed by atoms with Crippen molar-refractivity contribution in [3.63, 3.8) is 0 Å². The number of rotatable bonds is 3. The Labute approximate surface area is 170 Å². The third kappa shape index (κ3) is 5.45. The Bertz CT molecular complexity index is 712. The molecule has 0 saturated heterocycles. The lowest BCUT2D eigenvalue weighted by Crippen LogP contribution is -2.43. The molecule has 0 fully saturated rings. The largest absolute Gasteiger partial charge is 0.308 e. The summed E-state index contributed by atoms with van der Waals surface area (Å²) in [5.74, 6) is 0.201. The fourth-order valence-electron chi connectivity index (χ4n) is 3.81. The number of imide groups is 1. The van der Waals surface area contributed by atoms with Crippen LogP contribution in [0.3, 0.4) is 0 Å². The minimum absolute atomic E-state index is 0.158. The fourth-order valence-corrected chi connectivity index (χ4v) is 3.81. The summed E-state index contributed by atoms with van der Waals surface area (Å²) >= 11 is 0. The van der Waals surface area contributed by atoms with Gasteiger partial charge < -0.3 is 4.57 Å². The number of fused-ring (bicyclic) bond motifs is 1. The van der Waals surface area contributed by atoms with Gasteiger partial charge in [-0.2, -0.15) is 0 Å². The summed E-state index contributed by atoms with van der Waals surface area (Å²) in [5, 5.41) is 0. The van der Waals surface area contributed by atoms with Gasteiger partial charge in [0.05, 0.1) is 5.69 Å². The molecule has 0 aromatic carbocycles. The third-order valence-electron chi connectivity index (χ3n) is 4.85. The van der Waals surface area contributed by atoms with E-state index >= 15 is 0 Å². The quantitative estimate of drug-likeness (QED) is 0.709. The van der Waals surface area contributed by atoms with Crippen LogP contribution in [0.1, 0.15) is 99.4 Å². The van der Waals surface area contributed by atoms with E-state index in [-0.39, 0.29) is 28.2 Å². The van der Waals surface area contributed by atoms with Crippen LogP contribution in [0.15, 0.2) is 0 Å². The van der Waals surface area contributed by atoms with Gasteiger partial charge in [-0.15, -0.1) is 0 Å². The van der Waals surface area contributed by atoms with Gasteiger partial charge in [0.2, 0.25) is 17.8 Å². The number of nitrogens with zero attached hydrogens (tertiary/aromatic N) is 3. The van der Waals surface area contributed by atoms with Gasteiger partial charge in [-0.25, -0.2) is 9.88 Å². The number of amides is 2. The van der Waals surface area contributed by atoms with Crippen molar-refractivity contribution < 1.29 is 9.59 Å². The van der Waals surface area contributed by atoms with Crippen LogP contribution in [-0.4, -0.2) is 21.4 Å². The number of hydrogen-bond acceptors (Lipinski definition) is 3. The van der Waals surface area contributed by atoms with Crippen LogP contribution >= 0.6 is 0 Å². The lowest BCUT2D eigenvalue weighted by atomic mass is 9.90. The normalized spacial score (nSPS) is 15.3. The average molecular weight is 390 g/mol. The molecule has 1 aromatic heterocycles. The highest BCUT2D eigenvalue weighted by atomic mass is 16.2. The van der Waals surface area contributed by atoms with Crippen LogP contribution < -0.4 is 4.90 Å². The number of carbonyl (C=O) groups excluding carboxylic acids is 2. The fraction of sp³-hybridized carbons (Fsp3) is 0.783. The highest BCUT2D eigenvalue weighted by molar-refractivity contribution is 6.14. The molecule has 0 saturated carbocycles. The minimum Gasteiger partial charge on any atom is -0.308 e. The zero-order chi connectivity index (χ0) is 21.5. The average Bonchev–Trinajstić information content (AvgIpc) is 2.81. The number of aromatic nitrogens is 2. The summed E-state index contributed by atoms with van der Waals surface area (Å²) in [7, 11) is 0. The first-order chi connectivity index (χ1) is 12.6. The summed E-state index contributed by atoms with van der Waals surface area (Å²) < 4.78 is 2.14. The van der Waals surface area contributed by atoms with E-state index in [2.05, 4.69) is 25.3 Å². The maximum atomic E-state index is 13.3. The molecule has 0 bridgehead atoms. The van der Waals surface area contributed by atoms with Gasteiger partial charge >= 0.3 is 0 Å². The molecular weight excluding hydrogens is 350 g/mol. The van der Waals surface area contributed by atoms with Crippen molar-refractivity contribution in [1.82, 2.24) is 9.55 Å². The molecule has 1 aliphatic carbocycles. The maximum absolute atomic E-state index is 13.3. The summed E-state index contributed by atoms with van der Waals surface area (Å²) in [6.45, 7) is 18.5. The molecule has 0 N–H and O–H groups in total. The molecule has 2 amide bonds. The van der Waals surface area contributed by atoms with Gasteiger partial charge in [-0.1, -0.05) is 41.5 Å². The van der Waals surface area contributed by atoms with Crippen molar-refractivity contribution >= 4 is 17.8 Å². The van der Waals surface area contributed by atoms with Crippen molar-refractivity contribution in [2.75, 3.05) is 4.90 Å². The highest BCUT2D eigenvalue weighted by Crippen LogP contribution is 2.35. The van der Waals surface area contributed by atoms with E-state index < -0.39 is 0 Å². The first-order valence-corrected chi connectivity index (χ1v) is 10.6. The second-order valence-corrected chi connectivity index (χ2v) is 11.6. The molecule has 1 heterocycles. The monoisotopic (exact) mass is 389 g/mol. The molecule has 5 nitrogen and oxygen atoms in total. The van der Waals surface area contributed by atoms with Crippen molar-refractivity contribution in [2.24, 2.45) is 10.8 Å². The van der Waals surface area contributed by atoms with Gasteiger partial charge in [0.25, 0.3) is 0 Å². The number of carbonyl (C=O) groups is 2. The van der Waals surface area contributed by atoms with Gasteiger partial charge in [0.15, 0.2) is 0 Å². The molecule has 5 heteroatoms. The first kappa shape index (κ1) is 22.6. The van der Waals surface area contributed by atoms with Crippen LogP contribution in [0.4, 0.5) is 5.95 Å². The van der Waals surface area contributed by atoms with E-state index in [1.54, 1.807) is 0 Å². The van der Waals surface area contributed by atoms with Crippen LogP contribution in [0, 0.1) is 10.8 Å². The minimum atomic E-state index is -0.254. The summed E-state index contributed by atoms with van der Waals surface area (Å²) in [4.78, 5) is 32.9. The molecule has 1 aromatic rings. The number of hydrogen-bond donors (Lipinski definition) is 0. The Morgan fingerprint density at radius 3 is 1.75 bits per heavy atom. The van der Waals surface area contributed by atoms with Crippen molar-refractivity contribution in [2.45, 2.75) is 106 Å².